The lowest BCUT2D eigenvalue weighted by molar-refractivity contribution is -0.219. The molecule has 0 spiro atoms. The molecular weight excluding hydrogens is 1750 g/mol. The van der Waals surface area contributed by atoms with Crippen LogP contribution in [0.4, 0.5) is 22.0 Å². The number of esters is 1. The topological polar surface area (TPSA) is 615 Å². The molecule has 15 atom stereocenters. The van der Waals surface area contributed by atoms with E-state index in [1.807, 2.05) is 0 Å². The number of aliphatic hydroxyl groups excluding tert-OH is 9. The third-order valence-corrected chi connectivity index (χ3v) is 20.8. The van der Waals surface area contributed by atoms with Crippen LogP contribution < -0.4 is 42.0 Å². The predicted molar refractivity (Wildman–Crippen MR) is 431 cm³/mol. The summed E-state index contributed by atoms with van der Waals surface area (Å²) in [4.78, 5) is 103. The van der Waals surface area contributed by atoms with Crippen LogP contribution in [0.3, 0.4) is 0 Å². The predicted octanol–water partition coefficient (Wildman–Crippen LogP) is -3.39. The van der Waals surface area contributed by atoms with E-state index in [0.717, 1.165) is 0 Å². The number of unbranched alkanes of at least 4 members (excludes halogenated alkanes) is 7. The second-order valence-corrected chi connectivity index (χ2v) is 30.8. The van der Waals surface area contributed by atoms with Gasteiger partial charge in [0, 0.05) is 78.0 Å². The number of amides is 7. The smallest absolute Gasteiger partial charge is 0.311 e. The lowest BCUT2D eigenvalue weighted by atomic mass is 9.82. The van der Waals surface area contributed by atoms with E-state index in [2.05, 4.69) is 72.9 Å². The number of carbonyl (C=O) groups excluding carboxylic acids is 8. The van der Waals surface area contributed by atoms with Gasteiger partial charge in [0.25, 0.3) is 0 Å². The molecule has 1 aromatic carbocycles. The van der Waals surface area contributed by atoms with E-state index in [-0.39, 0.29) is 196 Å². The summed E-state index contributed by atoms with van der Waals surface area (Å²) in [6.07, 6.45) is -8.05. The Morgan fingerprint density at radius 2 is 0.646 bits per heavy atom. The quantitative estimate of drug-likeness (QED) is 0.00512. The summed E-state index contributed by atoms with van der Waals surface area (Å²) < 4.78 is 145. The third kappa shape index (κ3) is 36.3. The van der Waals surface area contributed by atoms with Crippen LogP contribution in [0, 0.1) is 29.1 Å². The Balaban J connectivity index is 0.876. The highest BCUT2D eigenvalue weighted by Gasteiger charge is 2.49. The van der Waals surface area contributed by atoms with Crippen molar-refractivity contribution in [2.24, 2.45) is 0 Å². The fourth-order valence-corrected chi connectivity index (χ4v) is 14.0. The highest BCUT2D eigenvalue weighted by atomic mass is 19.2. The van der Waals surface area contributed by atoms with E-state index >= 15 is 0 Å². The molecule has 3 aliphatic rings. The van der Waals surface area contributed by atoms with E-state index in [4.69, 9.17) is 56.8 Å². The minimum absolute atomic E-state index is 0.0143. The van der Waals surface area contributed by atoms with Crippen LogP contribution in [0.1, 0.15) is 159 Å². The van der Waals surface area contributed by atoms with Gasteiger partial charge in [-0.15, -0.1) is 15.3 Å². The summed E-state index contributed by atoms with van der Waals surface area (Å²) in [6, 6.07) is -3.37. The number of nitrogens with zero attached hydrogens (tertiary/aromatic N) is 9. The summed E-state index contributed by atoms with van der Waals surface area (Å²) in [5.41, 5.74) is -0.258. The zero-order valence-corrected chi connectivity index (χ0v) is 72.7. The highest BCUT2D eigenvalue weighted by Crippen LogP contribution is 2.34. The molecule has 0 bridgehead atoms. The summed E-state index contributed by atoms with van der Waals surface area (Å²) in [5.74, 6) is -17.6. The second kappa shape index (κ2) is 58.3. The molecule has 734 valence electrons. The van der Waals surface area contributed by atoms with E-state index < -0.39 is 199 Å². The first-order chi connectivity index (χ1) is 62.5. The molecule has 7 rings (SSSR count). The fraction of sp³-hybridized carbons (Fsp3) is 0.747. The standard InChI is InChI=1S/C79H123F5N16O30/c1-47(104)88-66-72(115)69(112)53(41-101)127-76(66)98-38-50(92-95-98)44-124-35-32-121-29-26-118-23-20-85-56(107)14-17-79(91-59(110)12-10-8-6-4-5-7-9-11-13-60(111)130-75-64(83)62(81)61(80)63(82)65(75)84,18-15-57(108)86-21-24-119-27-30-122-33-36-125-45-51-39-99(96-93-51)77-67(89-48(2)105)73(116)70(113)54(42-102)128-77)19-16-58(109)87-22-25-120-28-31-123-34-37-126-46-52-40-100(97-94-52)78-68(90-49(3)106)74(117)71(114)55(43-103)129-78/h38-40,53-55,66-74,76-78,101-103,112-117H,4-37,41-46H2,1-3H3,(H,85,107)(H,86,108)(H,87,109)(H,88,104)(H,89,105)(H,90,106)(H,91,110)/t53-,54-,55-,66-,67-,68-,69+,70+,71+,72-,73-,74-,76-,77-,78-/m1/s1. The fourth-order valence-electron chi connectivity index (χ4n) is 14.0. The van der Waals surface area contributed by atoms with Crippen LogP contribution in [0.5, 0.6) is 5.75 Å². The number of hydrogen-bond acceptors (Lipinski definition) is 36. The molecular formula is C79H123F5N16O30. The zero-order chi connectivity index (χ0) is 94.5. The van der Waals surface area contributed by atoms with Gasteiger partial charge >= 0.3 is 5.97 Å². The highest BCUT2D eigenvalue weighted by molar-refractivity contribution is 5.80. The van der Waals surface area contributed by atoms with Gasteiger partial charge in [0.1, 0.15) is 90.1 Å². The number of aliphatic hydroxyl groups is 9. The van der Waals surface area contributed by atoms with Crippen molar-refractivity contribution in [3.63, 3.8) is 0 Å². The molecule has 0 aliphatic carbocycles. The minimum atomic E-state index is -2.39. The van der Waals surface area contributed by atoms with Gasteiger partial charge in [-0.25, -0.2) is 27.2 Å². The molecule has 3 saturated heterocycles. The molecule has 3 aromatic heterocycles. The lowest BCUT2D eigenvalue weighted by Gasteiger charge is -2.42. The molecule has 0 unspecified atom stereocenters. The molecule has 16 N–H and O–H groups in total. The number of benzene rings is 1. The van der Waals surface area contributed by atoms with Crippen LogP contribution >= 0.6 is 0 Å². The number of aromatic nitrogens is 9. The number of halogens is 5. The summed E-state index contributed by atoms with van der Waals surface area (Å²) in [6.45, 7) is 3.84. The van der Waals surface area contributed by atoms with Gasteiger partial charge < -0.3 is 145 Å². The molecule has 3 fully saturated rings. The van der Waals surface area contributed by atoms with Gasteiger partial charge in [-0.3, -0.25) is 38.4 Å². The van der Waals surface area contributed by atoms with Crippen molar-refractivity contribution < 1.29 is 168 Å². The average molecular weight is 1870 g/mol. The van der Waals surface area contributed by atoms with Gasteiger partial charge in [0.05, 0.1) is 157 Å². The number of nitrogens with one attached hydrogen (secondary N) is 7. The van der Waals surface area contributed by atoms with Gasteiger partial charge in [-0.05, 0) is 32.1 Å². The van der Waals surface area contributed by atoms with Gasteiger partial charge in [-0.2, -0.15) is 8.78 Å². The van der Waals surface area contributed by atoms with Crippen molar-refractivity contribution in [2.75, 3.05) is 139 Å². The largest absolute Gasteiger partial charge is 0.420 e. The van der Waals surface area contributed by atoms with Crippen molar-refractivity contribution in [3.05, 3.63) is 64.8 Å². The monoisotopic (exact) mass is 1870 g/mol. The summed E-state index contributed by atoms with van der Waals surface area (Å²) in [5, 5.41) is 136. The maximum absolute atomic E-state index is 14.1. The maximum atomic E-state index is 14.1. The van der Waals surface area contributed by atoms with Crippen molar-refractivity contribution >= 4 is 47.3 Å². The van der Waals surface area contributed by atoms with E-state index in [1.165, 1.54) is 53.4 Å². The maximum Gasteiger partial charge on any atom is 0.311 e. The summed E-state index contributed by atoms with van der Waals surface area (Å²) in [7, 11) is 0. The van der Waals surface area contributed by atoms with Gasteiger partial charge in [0.2, 0.25) is 76.2 Å². The summed E-state index contributed by atoms with van der Waals surface area (Å²) >= 11 is 0. The first kappa shape index (κ1) is 108. The van der Waals surface area contributed by atoms with Gasteiger partial charge in [0.15, 0.2) is 18.7 Å². The molecule has 4 aromatic rings. The molecule has 7 amide bonds. The number of carbonyl (C=O) groups is 8. The Kier molecular flexibility index (Phi) is 48.5. The Hall–Kier alpha value is -8.79. The van der Waals surface area contributed by atoms with E-state index in [1.54, 1.807) is 0 Å². The SMILES string of the molecule is CC(=O)N[C@@H]1[C@@H](O)[C@@H](O)[C@@H](CO)O[C@H]1n1cc(COCCOCCOCCNC(=O)CCC(CCC(=O)NCCOCCOCCOCc2cn([C@@H]3O[C@H](CO)[C@H](O)[C@H](O)[C@H]3NC(C)=O)nn2)(CCC(=O)NCCOCCOCCOCc2cn([C@@H]3O[C@H](CO)[C@H](O)[C@H](O)[C@H]3NC(C)=O)nn2)NC(=O)CCCCCCCCCCC(=O)Oc2c(F)c(F)c(F)c(F)c2F)nn1. The van der Waals surface area contributed by atoms with Crippen molar-refractivity contribution in [1.29, 1.82) is 0 Å². The zero-order valence-electron chi connectivity index (χ0n) is 72.7. The Morgan fingerprint density at radius 1 is 0.369 bits per heavy atom. The molecule has 0 radical (unpaired) electrons. The Labute approximate surface area is 744 Å². The molecule has 3 aliphatic heterocycles. The van der Waals surface area contributed by atoms with E-state index in [0.29, 0.717) is 62.0 Å². The number of hydrogen-bond donors (Lipinski definition) is 16. The van der Waals surface area contributed by atoms with Crippen LogP contribution in [0.25, 0.3) is 0 Å². The minimum Gasteiger partial charge on any atom is -0.420 e. The molecule has 6 heterocycles. The molecule has 51 heteroatoms. The normalized spacial score (nSPS) is 22.2. The second-order valence-electron chi connectivity index (χ2n) is 30.8. The van der Waals surface area contributed by atoms with Crippen LogP contribution in [0.2, 0.25) is 0 Å². The Bertz CT molecular complexity index is 3750. The number of ether oxygens (including phenoxy) is 13. The van der Waals surface area contributed by atoms with E-state index in [9.17, 15) is 106 Å². The number of rotatable bonds is 64. The van der Waals surface area contributed by atoms with Gasteiger partial charge in [-0.1, -0.05) is 54.2 Å². The lowest BCUT2D eigenvalue weighted by Crippen LogP contribution is -2.62. The first-order valence-corrected chi connectivity index (χ1v) is 42.9. The van der Waals surface area contributed by atoms with Crippen molar-refractivity contribution in [1.82, 2.24) is 82.2 Å². The average Bonchev–Trinajstić information content (AvgIpc) is 1.52. The van der Waals surface area contributed by atoms with Crippen LogP contribution in [-0.4, -0.2) is 355 Å². The molecule has 0 saturated carbocycles. The Morgan fingerprint density at radius 3 is 0.946 bits per heavy atom. The third-order valence-electron chi connectivity index (χ3n) is 20.8. The van der Waals surface area contributed by atoms with Crippen molar-refractivity contribution in [2.45, 2.75) is 241 Å². The van der Waals surface area contributed by atoms with Crippen molar-refractivity contribution in [3.8, 4) is 5.75 Å². The van der Waals surface area contributed by atoms with Crippen LogP contribution in [0.15, 0.2) is 18.6 Å². The molecule has 130 heavy (non-hydrogen) atoms. The molecule has 46 nitrogen and oxygen atoms in total. The van der Waals surface area contributed by atoms with Crippen LogP contribution in [-0.2, 0) is 115 Å². The first-order valence-electron chi connectivity index (χ1n) is 42.9.